The summed E-state index contributed by atoms with van der Waals surface area (Å²) in [5.41, 5.74) is 2.96. The lowest BCUT2D eigenvalue weighted by Crippen LogP contribution is -2.17. The average Bonchev–Trinajstić information content (AvgIpc) is 3.10. The molecular weight excluding hydrogens is 336 g/mol. The first-order valence-electron chi connectivity index (χ1n) is 7.71. The summed E-state index contributed by atoms with van der Waals surface area (Å²) in [7, 11) is 0. The molecule has 0 bridgehead atoms. The van der Waals surface area contributed by atoms with Gasteiger partial charge >= 0.3 is 0 Å². The smallest absolute Gasteiger partial charge is 0.277 e. The van der Waals surface area contributed by atoms with Crippen LogP contribution < -0.4 is 5.56 Å². The third-order valence-corrected chi connectivity index (χ3v) is 4.56. The maximum atomic E-state index is 12.3. The third-order valence-electron chi connectivity index (χ3n) is 3.70. The predicted molar refractivity (Wildman–Crippen MR) is 95.5 cm³/mol. The second-order valence-corrected chi connectivity index (χ2v) is 6.40. The summed E-state index contributed by atoms with van der Waals surface area (Å²) in [5.74, 6) is 0.959. The molecule has 4 aromatic rings. The van der Waals surface area contributed by atoms with Crippen LogP contribution in [0.25, 0.3) is 17.1 Å². The molecule has 0 fully saturated rings. The Morgan fingerprint density at radius 2 is 1.92 bits per heavy atom. The van der Waals surface area contributed by atoms with Crippen molar-refractivity contribution in [1.29, 1.82) is 0 Å². The second kappa shape index (κ2) is 6.52. The van der Waals surface area contributed by atoms with Gasteiger partial charge in [0.1, 0.15) is 5.65 Å². The van der Waals surface area contributed by atoms with Crippen LogP contribution in [0.1, 0.15) is 11.4 Å². The van der Waals surface area contributed by atoms with Crippen LogP contribution in [0.4, 0.5) is 0 Å². The zero-order valence-electron chi connectivity index (χ0n) is 13.4. The molecule has 0 saturated heterocycles. The summed E-state index contributed by atoms with van der Waals surface area (Å²) in [6.45, 7) is 1.88. The fourth-order valence-corrected chi connectivity index (χ4v) is 3.19. The molecule has 3 aromatic heterocycles. The van der Waals surface area contributed by atoms with E-state index < -0.39 is 0 Å². The molecule has 6 nitrogen and oxygen atoms in total. The molecule has 0 unspecified atom stereocenters. The van der Waals surface area contributed by atoms with Crippen molar-refractivity contribution in [2.24, 2.45) is 0 Å². The Morgan fingerprint density at radius 1 is 1.08 bits per heavy atom. The number of fused-ring (bicyclic) bond motifs is 1. The lowest BCUT2D eigenvalue weighted by molar-refractivity contribution is 0.466. The molecule has 4 rings (SSSR count). The quantitative estimate of drug-likeness (QED) is 0.526. The van der Waals surface area contributed by atoms with Gasteiger partial charge in [-0.2, -0.15) is 0 Å². The average molecular weight is 350 g/mol. The topological polar surface area (TPSA) is 73.3 Å². The van der Waals surface area contributed by atoms with Gasteiger partial charge in [-0.25, -0.2) is 4.98 Å². The number of benzene rings is 1. The first kappa shape index (κ1) is 15.6. The highest BCUT2D eigenvalue weighted by Gasteiger charge is 2.10. The number of pyridine rings is 1. The van der Waals surface area contributed by atoms with Crippen molar-refractivity contribution in [2.75, 3.05) is 0 Å². The molecule has 0 saturated carbocycles. The van der Waals surface area contributed by atoms with Crippen LogP contribution in [0, 0.1) is 6.92 Å². The maximum Gasteiger partial charge on any atom is 0.277 e. The van der Waals surface area contributed by atoms with Gasteiger partial charge in [0.2, 0.25) is 5.89 Å². The van der Waals surface area contributed by atoms with Crippen molar-refractivity contribution in [1.82, 2.24) is 19.6 Å². The van der Waals surface area contributed by atoms with E-state index in [1.54, 1.807) is 10.5 Å². The Balaban J connectivity index is 1.55. The Labute approximate surface area is 147 Å². The first-order chi connectivity index (χ1) is 12.2. The van der Waals surface area contributed by atoms with E-state index in [1.165, 1.54) is 11.8 Å². The Morgan fingerprint density at radius 3 is 2.76 bits per heavy atom. The van der Waals surface area contributed by atoms with E-state index in [2.05, 4.69) is 15.2 Å². The molecule has 0 atom stereocenters. The van der Waals surface area contributed by atoms with E-state index in [9.17, 15) is 4.79 Å². The van der Waals surface area contributed by atoms with Gasteiger partial charge in [0.15, 0.2) is 0 Å². The summed E-state index contributed by atoms with van der Waals surface area (Å²) < 4.78 is 7.25. The molecule has 25 heavy (non-hydrogen) atoms. The van der Waals surface area contributed by atoms with Gasteiger partial charge in [0.05, 0.1) is 5.69 Å². The summed E-state index contributed by atoms with van der Waals surface area (Å²) >= 11 is 1.36. The van der Waals surface area contributed by atoms with Gasteiger partial charge < -0.3 is 4.42 Å². The Bertz CT molecular complexity index is 1090. The zero-order chi connectivity index (χ0) is 17.2. The second-order valence-electron chi connectivity index (χ2n) is 5.47. The maximum absolute atomic E-state index is 12.3. The van der Waals surface area contributed by atoms with E-state index in [4.69, 9.17) is 4.42 Å². The van der Waals surface area contributed by atoms with Crippen LogP contribution in [-0.2, 0) is 5.75 Å². The van der Waals surface area contributed by atoms with Gasteiger partial charge in [-0.05, 0) is 31.2 Å². The van der Waals surface area contributed by atoms with E-state index in [0.717, 1.165) is 11.3 Å². The molecular formula is C18H14N4O2S. The van der Waals surface area contributed by atoms with Crippen molar-refractivity contribution in [3.05, 3.63) is 76.3 Å². The number of nitrogens with zero attached hydrogens (tertiary/aromatic N) is 4. The summed E-state index contributed by atoms with van der Waals surface area (Å²) in [6, 6.07) is 16.7. The summed E-state index contributed by atoms with van der Waals surface area (Å²) in [4.78, 5) is 16.8. The standard InChI is InChI=1S/C18H14N4O2S/c1-12-6-5-9-15-19-14(10-16(23)22(12)15)11-25-18-21-20-17(24-18)13-7-3-2-4-8-13/h2-10H,11H2,1H3. The number of aromatic nitrogens is 4. The van der Waals surface area contributed by atoms with Gasteiger partial charge in [0.25, 0.3) is 10.8 Å². The van der Waals surface area contributed by atoms with Gasteiger partial charge in [0, 0.05) is 23.1 Å². The number of thioether (sulfide) groups is 1. The van der Waals surface area contributed by atoms with Crippen LogP contribution in [-0.4, -0.2) is 19.6 Å². The van der Waals surface area contributed by atoms with E-state index in [-0.39, 0.29) is 5.56 Å². The number of rotatable bonds is 4. The summed E-state index contributed by atoms with van der Waals surface area (Å²) in [6.07, 6.45) is 0. The molecule has 0 aliphatic heterocycles. The number of hydrogen-bond acceptors (Lipinski definition) is 6. The van der Waals surface area contributed by atoms with Crippen molar-refractivity contribution < 1.29 is 4.42 Å². The molecule has 1 aromatic carbocycles. The summed E-state index contributed by atoms with van der Waals surface area (Å²) in [5, 5.41) is 8.54. The molecule has 0 spiro atoms. The molecule has 0 radical (unpaired) electrons. The Kier molecular flexibility index (Phi) is 4.07. The zero-order valence-corrected chi connectivity index (χ0v) is 14.2. The van der Waals surface area contributed by atoms with Crippen LogP contribution in [0.3, 0.4) is 0 Å². The van der Waals surface area contributed by atoms with Crippen molar-refractivity contribution in [3.8, 4) is 11.5 Å². The van der Waals surface area contributed by atoms with Crippen LogP contribution in [0.2, 0.25) is 0 Å². The molecule has 124 valence electrons. The lowest BCUT2D eigenvalue weighted by Gasteiger charge is -2.05. The minimum atomic E-state index is -0.0887. The van der Waals surface area contributed by atoms with Gasteiger partial charge in [-0.15, -0.1) is 10.2 Å². The molecule has 0 N–H and O–H groups in total. The Hall–Kier alpha value is -2.93. The van der Waals surface area contributed by atoms with Crippen LogP contribution in [0.5, 0.6) is 0 Å². The van der Waals surface area contributed by atoms with Gasteiger partial charge in [-0.1, -0.05) is 36.0 Å². The minimum absolute atomic E-state index is 0.0887. The highest BCUT2D eigenvalue weighted by molar-refractivity contribution is 7.98. The van der Waals surface area contributed by atoms with E-state index >= 15 is 0 Å². The van der Waals surface area contributed by atoms with Crippen molar-refractivity contribution in [2.45, 2.75) is 17.9 Å². The fraction of sp³-hybridized carbons (Fsp3) is 0.111. The van der Waals surface area contributed by atoms with E-state index in [0.29, 0.717) is 28.2 Å². The first-order valence-corrected chi connectivity index (χ1v) is 8.69. The SMILES string of the molecule is Cc1cccc2nc(CSc3nnc(-c4ccccc4)o3)cc(=O)n12. The number of aryl methyl sites for hydroxylation is 1. The predicted octanol–water partition coefficient (Wildman–Crippen LogP) is 3.35. The highest BCUT2D eigenvalue weighted by atomic mass is 32.2. The van der Waals surface area contributed by atoms with Crippen molar-refractivity contribution >= 4 is 17.4 Å². The highest BCUT2D eigenvalue weighted by Crippen LogP contribution is 2.24. The third kappa shape index (κ3) is 3.18. The molecule has 7 heteroatoms. The van der Waals surface area contributed by atoms with Gasteiger partial charge in [-0.3, -0.25) is 9.20 Å². The molecule has 0 aliphatic carbocycles. The number of hydrogen-bond donors (Lipinski definition) is 0. The normalized spacial score (nSPS) is 11.1. The van der Waals surface area contributed by atoms with E-state index in [1.807, 2.05) is 55.5 Å². The largest absolute Gasteiger partial charge is 0.411 e. The fourth-order valence-electron chi connectivity index (χ4n) is 2.54. The lowest BCUT2D eigenvalue weighted by atomic mass is 10.2. The monoisotopic (exact) mass is 350 g/mol. The molecule has 0 aliphatic rings. The molecule has 3 heterocycles. The van der Waals surface area contributed by atoms with Crippen LogP contribution in [0.15, 0.2) is 69.0 Å². The van der Waals surface area contributed by atoms with Crippen LogP contribution >= 0.6 is 11.8 Å². The van der Waals surface area contributed by atoms with Crippen molar-refractivity contribution in [3.63, 3.8) is 0 Å². The molecule has 0 amide bonds. The minimum Gasteiger partial charge on any atom is -0.411 e.